The number of nitrogens with zero attached hydrogens (tertiary/aromatic N) is 5. The summed E-state index contributed by atoms with van der Waals surface area (Å²) in [5.74, 6) is 0.386. The molecule has 0 unspecified atom stereocenters. The van der Waals surface area contributed by atoms with Gasteiger partial charge in [-0.3, -0.25) is 9.48 Å². The van der Waals surface area contributed by atoms with Gasteiger partial charge in [-0.1, -0.05) is 35.9 Å². The minimum Gasteiger partial charge on any atom is -0.471 e. The summed E-state index contributed by atoms with van der Waals surface area (Å²) in [5.41, 5.74) is 4.29. The molecule has 8 nitrogen and oxygen atoms in total. The quantitative estimate of drug-likeness (QED) is 0.325. The Morgan fingerprint density at radius 3 is 2.74 bits per heavy atom. The van der Waals surface area contributed by atoms with Crippen LogP contribution in [0, 0.1) is 6.92 Å². The van der Waals surface area contributed by atoms with Crippen molar-refractivity contribution in [2.24, 2.45) is 0 Å². The number of aryl methyl sites for hydroxylation is 2. The van der Waals surface area contributed by atoms with Crippen LogP contribution in [0.2, 0.25) is 5.02 Å². The predicted molar refractivity (Wildman–Crippen MR) is 136 cm³/mol. The highest BCUT2D eigenvalue weighted by Crippen LogP contribution is 2.27. The normalized spacial score (nSPS) is 11.1. The number of ether oxygens (including phenoxy) is 1. The van der Waals surface area contributed by atoms with Gasteiger partial charge in [0.1, 0.15) is 5.75 Å². The SMILES string of the molecule is CCn1cc(-c2cc(C(=O)Nc3cnn(COc4cccc(Cl)c4)c3)c3ccccc3n2)c(C)n1. The van der Waals surface area contributed by atoms with E-state index < -0.39 is 0 Å². The number of halogens is 1. The summed E-state index contributed by atoms with van der Waals surface area (Å²) in [6.07, 6.45) is 5.25. The lowest BCUT2D eigenvalue weighted by molar-refractivity contribution is 0.102. The fraction of sp³-hybridized carbons (Fsp3) is 0.154. The molecule has 0 aliphatic carbocycles. The van der Waals surface area contributed by atoms with Crippen molar-refractivity contribution >= 4 is 34.1 Å². The van der Waals surface area contributed by atoms with Crippen molar-refractivity contribution in [3.05, 3.63) is 89.5 Å². The highest BCUT2D eigenvalue weighted by Gasteiger charge is 2.17. The summed E-state index contributed by atoms with van der Waals surface area (Å²) < 4.78 is 9.16. The van der Waals surface area contributed by atoms with E-state index in [1.54, 1.807) is 29.2 Å². The van der Waals surface area contributed by atoms with Gasteiger partial charge in [0.15, 0.2) is 6.73 Å². The van der Waals surface area contributed by atoms with Gasteiger partial charge in [-0.25, -0.2) is 9.67 Å². The van der Waals surface area contributed by atoms with Crippen molar-refractivity contribution in [2.75, 3.05) is 5.32 Å². The van der Waals surface area contributed by atoms with E-state index in [0.717, 1.165) is 28.7 Å². The van der Waals surface area contributed by atoms with Gasteiger partial charge in [0, 0.05) is 28.7 Å². The molecule has 3 heterocycles. The third kappa shape index (κ3) is 4.88. The Bertz CT molecular complexity index is 1520. The Kier molecular flexibility index (Phi) is 6.20. The summed E-state index contributed by atoms with van der Waals surface area (Å²) in [5, 5.41) is 13.1. The van der Waals surface area contributed by atoms with Gasteiger partial charge in [0.25, 0.3) is 5.91 Å². The van der Waals surface area contributed by atoms with E-state index in [4.69, 9.17) is 21.3 Å². The number of carbonyl (C=O) groups excluding carboxylic acids is 1. The molecule has 5 aromatic rings. The zero-order valence-electron chi connectivity index (χ0n) is 19.3. The Morgan fingerprint density at radius 2 is 1.94 bits per heavy atom. The second kappa shape index (κ2) is 9.60. The smallest absolute Gasteiger partial charge is 0.256 e. The third-order valence-electron chi connectivity index (χ3n) is 5.56. The maximum atomic E-state index is 13.3. The van der Waals surface area contributed by atoms with E-state index in [1.165, 1.54) is 0 Å². The fourth-order valence-electron chi connectivity index (χ4n) is 3.83. The van der Waals surface area contributed by atoms with Gasteiger partial charge in [-0.15, -0.1) is 0 Å². The monoisotopic (exact) mass is 486 g/mol. The Morgan fingerprint density at radius 1 is 1.09 bits per heavy atom. The van der Waals surface area contributed by atoms with Gasteiger partial charge in [-0.05, 0) is 44.2 Å². The number of amides is 1. The molecule has 35 heavy (non-hydrogen) atoms. The van der Waals surface area contributed by atoms with Gasteiger partial charge in [-0.2, -0.15) is 10.2 Å². The summed E-state index contributed by atoms with van der Waals surface area (Å²) in [7, 11) is 0. The number of hydrogen-bond donors (Lipinski definition) is 1. The first kappa shape index (κ1) is 22.6. The van der Waals surface area contributed by atoms with Gasteiger partial charge in [0.05, 0.1) is 40.5 Å². The first-order valence-corrected chi connectivity index (χ1v) is 11.5. The molecule has 0 aliphatic heterocycles. The number of pyridine rings is 1. The van der Waals surface area contributed by atoms with Crippen LogP contribution in [0.4, 0.5) is 5.69 Å². The summed E-state index contributed by atoms with van der Waals surface area (Å²) in [6, 6.07) is 16.6. The maximum Gasteiger partial charge on any atom is 0.256 e. The van der Waals surface area contributed by atoms with E-state index in [9.17, 15) is 4.79 Å². The van der Waals surface area contributed by atoms with E-state index in [-0.39, 0.29) is 12.6 Å². The molecule has 0 saturated carbocycles. The molecule has 0 spiro atoms. The molecule has 0 fully saturated rings. The lowest BCUT2D eigenvalue weighted by atomic mass is 10.0. The van der Waals surface area contributed by atoms with Crippen molar-refractivity contribution < 1.29 is 9.53 Å². The van der Waals surface area contributed by atoms with Crippen molar-refractivity contribution in [2.45, 2.75) is 27.1 Å². The highest BCUT2D eigenvalue weighted by molar-refractivity contribution is 6.30. The van der Waals surface area contributed by atoms with Crippen molar-refractivity contribution in [1.29, 1.82) is 0 Å². The lowest BCUT2D eigenvalue weighted by Crippen LogP contribution is -2.13. The number of hydrogen-bond acceptors (Lipinski definition) is 5. The molecule has 0 saturated heterocycles. The third-order valence-corrected chi connectivity index (χ3v) is 5.79. The lowest BCUT2D eigenvalue weighted by Gasteiger charge is -2.09. The molecule has 5 rings (SSSR count). The van der Waals surface area contributed by atoms with Gasteiger partial charge in [0.2, 0.25) is 0 Å². The molecule has 2 aromatic carbocycles. The molecular weight excluding hydrogens is 464 g/mol. The van der Waals surface area contributed by atoms with Crippen LogP contribution < -0.4 is 10.1 Å². The average molecular weight is 487 g/mol. The standard InChI is InChI=1S/C26H23ClN6O2/c1-3-32-15-23(17(2)31-32)25-12-22(21-9-4-5-10-24(21)30-25)26(34)29-19-13-28-33(14-19)16-35-20-8-6-7-18(27)11-20/h4-15H,3,16H2,1-2H3,(H,29,34). The van der Waals surface area contributed by atoms with Crippen LogP contribution in [-0.4, -0.2) is 30.5 Å². The number of para-hydroxylation sites is 1. The van der Waals surface area contributed by atoms with E-state index in [1.807, 2.05) is 67.2 Å². The highest BCUT2D eigenvalue weighted by atomic mass is 35.5. The fourth-order valence-corrected chi connectivity index (χ4v) is 4.01. The Hall–Kier alpha value is -4.17. The largest absolute Gasteiger partial charge is 0.471 e. The van der Waals surface area contributed by atoms with Crippen LogP contribution in [0.3, 0.4) is 0 Å². The number of carbonyl (C=O) groups is 1. The first-order valence-electron chi connectivity index (χ1n) is 11.2. The Balaban J connectivity index is 1.39. The van der Waals surface area contributed by atoms with Crippen LogP contribution in [-0.2, 0) is 13.3 Å². The molecule has 0 aliphatic rings. The second-order valence-electron chi connectivity index (χ2n) is 8.01. The summed E-state index contributed by atoms with van der Waals surface area (Å²) in [4.78, 5) is 18.1. The number of rotatable bonds is 7. The van der Waals surface area contributed by atoms with Crippen molar-refractivity contribution in [1.82, 2.24) is 24.5 Å². The van der Waals surface area contributed by atoms with Crippen molar-refractivity contribution in [3.8, 4) is 17.0 Å². The molecule has 0 atom stereocenters. The van der Waals surface area contributed by atoms with Crippen LogP contribution >= 0.6 is 11.6 Å². The first-order chi connectivity index (χ1) is 17.0. The predicted octanol–water partition coefficient (Wildman–Crippen LogP) is 5.57. The number of fused-ring (bicyclic) bond motifs is 1. The van der Waals surface area contributed by atoms with Crippen LogP contribution in [0.25, 0.3) is 22.2 Å². The van der Waals surface area contributed by atoms with Crippen LogP contribution in [0.5, 0.6) is 5.75 Å². The zero-order chi connectivity index (χ0) is 24.4. The topological polar surface area (TPSA) is 86.9 Å². The maximum absolute atomic E-state index is 13.3. The van der Waals surface area contributed by atoms with E-state index in [2.05, 4.69) is 15.5 Å². The molecule has 0 bridgehead atoms. The number of aromatic nitrogens is 5. The summed E-state index contributed by atoms with van der Waals surface area (Å²) >= 11 is 6.00. The van der Waals surface area contributed by atoms with Gasteiger partial charge >= 0.3 is 0 Å². The van der Waals surface area contributed by atoms with Gasteiger partial charge < -0.3 is 10.1 Å². The molecular formula is C26H23ClN6O2. The van der Waals surface area contributed by atoms with E-state index in [0.29, 0.717) is 27.7 Å². The molecule has 1 amide bonds. The molecule has 3 aromatic heterocycles. The second-order valence-corrected chi connectivity index (χ2v) is 8.45. The number of benzene rings is 2. The molecule has 9 heteroatoms. The minimum absolute atomic E-state index is 0.180. The summed E-state index contributed by atoms with van der Waals surface area (Å²) in [6.45, 7) is 4.91. The molecule has 1 N–H and O–H groups in total. The van der Waals surface area contributed by atoms with Crippen LogP contribution in [0.15, 0.2) is 73.2 Å². The molecule has 176 valence electrons. The number of nitrogens with one attached hydrogen (secondary N) is 1. The number of anilines is 1. The van der Waals surface area contributed by atoms with Crippen molar-refractivity contribution in [3.63, 3.8) is 0 Å². The zero-order valence-corrected chi connectivity index (χ0v) is 20.0. The van der Waals surface area contributed by atoms with Crippen LogP contribution in [0.1, 0.15) is 23.0 Å². The Labute approximate surface area is 207 Å². The average Bonchev–Trinajstić information content (AvgIpc) is 3.47. The molecule has 0 radical (unpaired) electrons. The minimum atomic E-state index is -0.249. The van der Waals surface area contributed by atoms with E-state index >= 15 is 0 Å².